The van der Waals surface area contributed by atoms with E-state index in [0.29, 0.717) is 0 Å². The third-order valence-corrected chi connectivity index (χ3v) is 3.46. The molecule has 0 unspecified atom stereocenters. The molecule has 1 aromatic rings. The molecule has 0 atom stereocenters. The SMILES string of the molecule is CC(C)OCCN(C)c1ccc(CBr)c(Cl)c1. The van der Waals surface area contributed by atoms with Gasteiger partial charge in [0, 0.05) is 29.6 Å². The van der Waals surface area contributed by atoms with Crippen molar-refractivity contribution in [3.05, 3.63) is 28.8 Å². The summed E-state index contributed by atoms with van der Waals surface area (Å²) < 4.78 is 5.53. The molecule has 17 heavy (non-hydrogen) atoms. The molecule has 0 aliphatic carbocycles. The Kier molecular flexibility index (Phi) is 6.31. The number of anilines is 1. The summed E-state index contributed by atoms with van der Waals surface area (Å²) in [7, 11) is 2.04. The summed E-state index contributed by atoms with van der Waals surface area (Å²) in [5.41, 5.74) is 2.23. The van der Waals surface area contributed by atoms with Crippen LogP contribution in [0.4, 0.5) is 5.69 Å². The first-order valence-corrected chi connectivity index (χ1v) is 7.21. The molecule has 0 amide bonds. The molecule has 0 fully saturated rings. The molecule has 0 aliphatic rings. The van der Waals surface area contributed by atoms with E-state index in [1.807, 2.05) is 33.0 Å². The highest BCUT2D eigenvalue weighted by atomic mass is 79.9. The summed E-state index contributed by atoms with van der Waals surface area (Å²) in [5, 5.41) is 1.59. The Morgan fingerprint density at radius 2 is 2.12 bits per heavy atom. The molecule has 4 heteroatoms. The van der Waals surface area contributed by atoms with Crippen molar-refractivity contribution in [2.45, 2.75) is 25.3 Å². The fraction of sp³-hybridized carbons (Fsp3) is 0.538. The number of hydrogen-bond donors (Lipinski definition) is 0. The lowest BCUT2D eigenvalue weighted by Gasteiger charge is -2.20. The summed E-state index contributed by atoms with van der Waals surface area (Å²) >= 11 is 9.58. The van der Waals surface area contributed by atoms with Crippen LogP contribution >= 0.6 is 27.5 Å². The number of likely N-dealkylation sites (N-methyl/N-ethyl adjacent to an activating group) is 1. The lowest BCUT2D eigenvalue weighted by molar-refractivity contribution is 0.0846. The lowest BCUT2D eigenvalue weighted by Crippen LogP contribution is -2.23. The summed E-state index contributed by atoms with van der Waals surface area (Å²) in [6.07, 6.45) is 0.280. The van der Waals surface area contributed by atoms with Crippen LogP contribution in [0.2, 0.25) is 5.02 Å². The minimum atomic E-state index is 0.280. The second-order valence-electron chi connectivity index (χ2n) is 4.25. The molecule has 0 spiro atoms. The predicted molar refractivity (Wildman–Crippen MR) is 78.4 cm³/mol. The molecule has 96 valence electrons. The van der Waals surface area contributed by atoms with Crippen LogP contribution in [0, 0.1) is 0 Å². The minimum Gasteiger partial charge on any atom is -0.377 e. The molecule has 0 aromatic heterocycles. The van der Waals surface area contributed by atoms with Gasteiger partial charge in [0.2, 0.25) is 0 Å². The maximum absolute atomic E-state index is 6.17. The molecule has 0 bridgehead atoms. The van der Waals surface area contributed by atoms with Crippen molar-refractivity contribution in [1.29, 1.82) is 0 Å². The van der Waals surface area contributed by atoms with Crippen LogP contribution in [0.5, 0.6) is 0 Å². The molecule has 0 radical (unpaired) electrons. The van der Waals surface area contributed by atoms with Gasteiger partial charge in [0.05, 0.1) is 12.7 Å². The van der Waals surface area contributed by atoms with Crippen LogP contribution in [0.1, 0.15) is 19.4 Å². The predicted octanol–water partition coefficient (Wildman–Crippen LogP) is 4.10. The number of ether oxygens (including phenoxy) is 1. The van der Waals surface area contributed by atoms with Crippen molar-refractivity contribution in [3.63, 3.8) is 0 Å². The van der Waals surface area contributed by atoms with E-state index >= 15 is 0 Å². The van der Waals surface area contributed by atoms with Crippen molar-refractivity contribution in [2.24, 2.45) is 0 Å². The summed E-state index contributed by atoms with van der Waals surface area (Å²) in [6, 6.07) is 6.12. The maximum Gasteiger partial charge on any atom is 0.0644 e. The Bertz CT molecular complexity index is 357. The maximum atomic E-state index is 6.17. The van der Waals surface area contributed by atoms with E-state index in [-0.39, 0.29) is 6.10 Å². The average molecular weight is 321 g/mol. The minimum absolute atomic E-state index is 0.280. The highest BCUT2D eigenvalue weighted by Gasteiger charge is 2.05. The second-order valence-corrected chi connectivity index (χ2v) is 5.22. The zero-order chi connectivity index (χ0) is 12.8. The van der Waals surface area contributed by atoms with Gasteiger partial charge in [0.15, 0.2) is 0 Å². The van der Waals surface area contributed by atoms with Gasteiger partial charge in [-0.25, -0.2) is 0 Å². The van der Waals surface area contributed by atoms with E-state index in [0.717, 1.165) is 34.8 Å². The molecule has 0 saturated carbocycles. The van der Waals surface area contributed by atoms with E-state index in [1.165, 1.54) is 0 Å². The van der Waals surface area contributed by atoms with E-state index < -0.39 is 0 Å². The number of halogens is 2. The number of rotatable bonds is 6. The normalized spacial score (nSPS) is 10.9. The van der Waals surface area contributed by atoms with E-state index in [4.69, 9.17) is 16.3 Å². The van der Waals surface area contributed by atoms with Crippen LogP contribution in [0.3, 0.4) is 0 Å². The van der Waals surface area contributed by atoms with Crippen LogP contribution in [-0.4, -0.2) is 26.3 Å². The van der Waals surface area contributed by atoms with Crippen molar-refractivity contribution < 1.29 is 4.74 Å². The molecule has 1 aromatic carbocycles. The second kappa shape index (κ2) is 7.24. The Labute approximate surface area is 117 Å². The Morgan fingerprint density at radius 1 is 1.41 bits per heavy atom. The van der Waals surface area contributed by atoms with E-state index in [1.54, 1.807) is 0 Å². The zero-order valence-electron chi connectivity index (χ0n) is 10.5. The zero-order valence-corrected chi connectivity index (χ0v) is 12.9. The van der Waals surface area contributed by atoms with Gasteiger partial charge in [0.25, 0.3) is 0 Å². The first-order valence-electron chi connectivity index (χ1n) is 5.71. The monoisotopic (exact) mass is 319 g/mol. The highest BCUT2D eigenvalue weighted by Crippen LogP contribution is 2.24. The lowest BCUT2D eigenvalue weighted by atomic mass is 10.2. The van der Waals surface area contributed by atoms with Gasteiger partial charge >= 0.3 is 0 Å². The molecule has 0 saturated heterocycles. The highest BCUT2D eigenvalue weighted by molar-refractivity contribution is 9.08. The molecule has 1 rings (SSSR count). The fourth-order valence-electron chi connectivity index (χ4n) is 1.44. The van der Waals surface area contributed by atoms with Gasteiger partial charge in [0.1, 0.15) is 0 Å². The summed E-state index contributed by atoms with van der Waals surface area (Å²) in [5.74, 6) is 0. The molecule has 2 nitrogen and oxygen atoms in total. The molecule has 0 N–H and O–H groups in total. The molecule has 0 heterocycles. The Balaban J connectivity index is 2.57. The number of alkyl halides is 1. The third-order valence-electron chi connectivity index (χ3n) is 2.50. The number of nitrogens with zero attached hydrogens (tertiary/aromatic N) is 1. The largest absolute Gasteiger partial charge is 0.377 e. The van der Waals surface area contributed by atoms with Crippen molar-refractivity contribution in [3.8, 4) is 0 Å². The van der Waals surface area contributed by atoms with Gasteiger partial charge in [-0.2, -0.15) is 0 Å². The third kappa shape index (κ3) is 4.86. The number of hydrogen-bond acceptors (Lipinski definition) is 2. The standard InChI is InChI=1S/C13H19BrClNO/c1-10(2)17-7-6-16(3)12-5-4-11(9-14)13(15)8-12/h4-5,8,10H,6-7,9H2,1-3H3. The Hall–Kier alpha value is -0.250. The van der Waals surface area contributed by atoms with Gasteiger partial charge < -0.3 is 9.64 Å². The van der Waals surface area contributed by atoms with Gasteiger partial charge in [-0.05, 0) is 31.5 Å². The van der Waals surface area contributed by atoms with Gasteiger partial charge in [-0.15, -0.1) is 0 Å². The van der Waals surface area contributed by atoms with Crippen LogP contribution in [0.15, 0.2) is 18.2 Å². The first-order chi connectivity index (χ1) is 8.04. The summed E-state index contributed by atoms with van der Waals surface area (Å²) in [6.45, 7) is 5.68. The van der Waals surface area contributed by atoms with Crippen molar-refractivity contribution in [1.82, 2.24) is 0 Å². The van der Waals surface area contributed by atoms with E-state index in [9.17, 15) is 0 Å². The van der Waals surface area contributed by atoms with Crippen LogP contribution in [0.25, 0.3) is 0 Å². The van der Waals surface area contributed by atoms with Gasteiger partial charge in [-0.1, -0.05) is 33.6 Å². The molecular weight excluding hydrogens is 302 g/mol. The fourth-order valence-corrected chi connectivity index (χ4v) is 2.33. The average Bonchev–Trinajstić information content (AvgIpc) is 2.28. The van der Waals surface area contributed by atoms with E-state index in [2.05, 4.69) is 26.9 Å². The molecular formula is C13H19BrClNO. The van der Waals surface area contributed by atoms with Crippen LogP contribution in [-0.2, 0) is 10.1 Å². The number of benzene rings is 1. The molecule has 0 aliphatic heterocycles. The summed E-state index contributed by atoms with van der Waals surface area (Å²) in [4.78, 5) is 2.15. The topological polar surface area (TPSA) is 12.5 Å². The van der Waals surface area contributed by atoms with Crippen molar-refractivity contribution in [2.75, 3.05) is 25.1 Å². The Morgan fingerprint density at radius 3 is 2.65 bits per heavy atom. The quantitative estimate of drug-likeness (QED) is 0.732. The first kappa shape index (κ1) is 14.8. The van der Waals surface area contributed by atoms with Crippen molar-refractivity contribution >= 4 is 33.2 Å². The smallest absolute Gasteiger partial charge is 0.0644 e. The van der Waals surface area contributed by atoms with Crippen LogP contribution < -0.4 is 4.90 Å². The van der Waals surface area contributed by atoms with Gasteiger partial charge in [-0.3, -0.25) is 0 Å².